The number of nitrogens with zero attached hydrogens (tertiary/aromatic N) is 3. The van der Waals surface area contributed by atoms with Gasteiger partial charge in [0.15, 0.2) is 5.76 Å². The summed E-state index contributed by atoms with van der Waals surface area (Å²) < 4.78 is 16.4. The number of morpholine rings is 1. The number of aliphatic hydroxyl groups excluding tert-OH is 1. The Bertz CT molecular complexity index is 1140. The van der Waals surface area contributed by atoms with E-state index in [0.29, 0.717) is 53.8 Å². The zero-order valence-electron chi connectivity index (χ0n) is 20.5. The molecule has 1 amide bonds. The van der Waals surface area contributed by atoms with E-state index in [4.69, 9.17) is 14.2 Å². The number of benzene rings is 1. The first kappa shape index (κ1) is 25.2. The first-order valence-electron chi connectivity index (χ1n) is 11.6. The van der Waals surface area contributed by atoms with Crippen molar-refractivity contribution in [3.8, 4) is 11.5 Å². The van der Waals surface area contributed by atoms with Gasteiger partial charge in [0.1, 0.15) is 11.5 Å². The molecule has 1 fully saturated rings. The molecule has 0 bridgehead atoms. The smallest absolute Gasteiger partial charge is 0.290 e. The van der Waals surface area contributed by atoms with Crippen molar-refractivity contribution < 1.29 is 28.9 Å². The maximum Gasteiger partial charge on any atom is 0.290 e. The van der Waals surface area contributed by atoms with Gasteiger partial charge in [-0.2, -0.15) is 0 Å². The third kappa shape index (κ3) is 5.05. The summed E-state index contributed by atoms with van der Waals surface area (Å²) in [6.07, 6.45) is 0.689. The fraction of sp³-hybridized carbons (Fsp3) is 0.480. The van der Waals surface area contributed by atoms with Gasteiger partial charge in [-0.25, -0.2) is 4.98 Å². The molecule has 1 saturated heterocycles. The summed E-state index contributed by atoms with van der Waals surface area (Å²) in [6, 6.07) is 4.46. The second kappa shape index (κ2) is 10.8. The van der Waals surface area contributed by atoms with Crippen LogP contribution in [-0.2, 0) is 9.53 Å². The molecule has 1 aromatic heterocycles. The number of rotatable bonds is 9. The van der Waals surface area contributed by atoms with Gasteiger partial charge in [-0.1, -0.05) is 0 Å². The quantitative estimate of drug-likeness (QED) is 0.523. The molecule has 1 atom stereocenters. The van der Waals surface area contributed by atoms with E-state index >= 15 is 0 Å². The number of carbonyl (C=O) groups excluding carboxylic acids is 2. The molecule has 1 unspecified atom stereocenters. The standard InChI is InChI=1S/C25H31N3O6S/c1-15-24(35-16(2)26-15)22(29)20-21(18-7-6-17(32-3)14-19(18)33-4)28(25(31)23(20)30)9-5-8-27-10-12-34-13-11-27/h6-7,14,21,30H,5,8-13H2,1-4H3. The molecule has 1 N–H and O–H groups in total. The Balaban J connectivity index is 1.70. The summed E-state index contributed by atoms with van der Waals surface area (Å²) in [5.74, 6) is -0.411. The average Bonchev–Trinajstić information content (AvgIpc) is 3.34. The van der Waals surface area contributed by atoms with Crippen LogP contribution in [0.3, 0.4) is 0 Å². The molecule has 9 nitrogen and oxygen atoms in total. The number of thiazole rings is 1. The number of aliphatic hydroxyl groups is 1. The SMILES string of the molecule is COc1ccc(C2C(C(=O)c3sc(C)nc3C)=C(O)C(=O)N2CCCN2CCOCC2)c(OC)c1. The summed E-state index contributed by atoms with van der Waals surface area (Å²) in [6.45, 7) is 7.83. The second-order valence-electron chi connectivity index (χ2n) is 8.56. The van der Waals surface area contributed by atoms with Gasteiger partial charge in [-0.3, -0.25) is 14.5 Å². The van der Waals surface area contributed by atoms with Crippen molar-refractivity contribution in [1.29, 1.82) is 0 Å². The lowest BCUT2D eigenvalue weighted by atomic mass is 9.94. The van der Waals surface area contributed by atoms with E-state index in [1.807, 2.05) is 6.92 Å². The molecule has 0 radical (unpaired) electrons. The van der Waals surface area contributed by atoms with Crippen molar-refractivity contribution in [1.82, 2.24) is 14.8 Å². The molecule has 0 aliphatic carbocycles. The van der Waals surface area contributed by atoms with Gasteiger partial charge in [0.05, 0.1) is 54.6 Å². The Morgan fingerprint density at radius 2 is 1.94 bits per heavy atom. The highest BCUT2D eigenvalue weighted by Crippen LogP contribution is 2.44. The van der Waals surface area contributed by atoms with E-state index in [0.717, 1.165) is 24.6 Å². The highest BCUT2D eigenvalue weighted by molar-refractivity contribution is 7.14. The van der Waals surface area contributed by atoms with Crippen LogP contribution in [0.1, 0.15) is 38.4 Å². The number of carbonyl (C=O) groups is 2. The molecule has 35 heavy (non-hydrogen) atoms. The number of Topliss-reactive ketones (excluding diaryl/α,β-unsaturated/α-hetero) is 1. The normalized spacial score (nSPS) is 18.9. The number of hydrogen-bond donors (Lipinski definition) is 1. The number of ether oxygens (including phenoxy) is 3. The number of amides is 1. The zero-order valence-corrected chi connectivity index (χ0v) is 21.3. The van der Waals surface area contributed by atoms with Crippen LogP contribution in [0.25, 0.3) is 0 Å². The molecule has 4 rings (SSSR count). The number of ketones is 1. The molecule has 2 aliphatic rings. The Kier molecular flexibility index (Phi) is 7.73. The van der Waals surface area contributed by atoms with E-state index in [9.17, 15) is 14.7 Å². The third-order valence-electron chi connectivity index (χ3n) is 6.37. The first-order valence-corrected chi connectivity index (χ1v) is 12.4. The Hall–Kier alpha value is -2.95. The minimum Gasteiger partial charge on any atom is -0.503 e. The molecule has 0 spiro atoms. The van der Waals surface area contributed by atoms with Crippen LogP contribution >= 0.6 is 11.3 Å². The fourth-order valence-corrected chi connectivity index (χ4v) is 5.51. The molecular weight excluding hydrogens is 470 g/mol. The van der Waals surface area contributed by atoms with Crippen LogP contribution in [0.4, 0.5) is 0 Å². The molecule has 10 heteroatoms. The predicted molar refractivity (Wildman–Crippen MR) is 131 cm³/mol. The highest BCUT2D eigenvalue weighted by Gasteiger charge is 2.45. The second-order valence-corrected chi connectivity index (χ2v) is 9.76. The average molecular weight is 502 g/mol. The number of aryl methyl sites for hydroxylation is 2. The van der Waals surface area contributed by atoms with Gasteiger partial charge >= 0.3 is 0 Å². The Morgan fingerprint density at radius 3 is 2.57 bits per heavy atom. The van der Waals surface area contributed by atoms with Crippen LogP contribution in [0.5, 0.6) is 11.5 Å². The van der Waals surface area contributed by atoms with Gasteiger partial charge < -0.3 is 24.2 Å². The van der Waals surface area contributed by atoms with E-state index in [1.165, 1.54) is 18.4 Å². The van der Waals surface area contributed by atoms with Crippen molar-refractivity contribution in [2.45, 2.75) is 26.3 Å². The van der Waals surface area contributed by atoms with Gasteiger partial charge in [0.2, 0.25) is 5.78 Å². The van der Waals surface area contributed by atoms with E-state index in [1.54, 1.807) is 37.1 Å². The predicted octanol–water partition coefficient (Wildman–Crippen LogP) is 3.08. The van der Waals surface area contributed by atoms with Crippen molar-refractivity contribution in [2.24, 2.45) is 0 Å². The summed E-state index contributed by atoms with van der Waals surface area (Å²) in [4.78, 5) is 35.6. The molecule has 3 heterocycles. The van der Waals surface area contributed by atoms with Crippen LogP contribution in [-0.4, -0.2) is 85.2 Å². The van der Waals surface area contributed by atoms with Crippen LogP contribution in [0, 0.1) is 13.8 Å². The van der Waals surface area contributed by atoms with Gasteiger partial charge in [-0.15, -0.1) is 11.3 Å². The van der Waals surface area contributed by atoms with Crippen molar-refractivity contribution in [3.63, 3.8) is 0 Å². The topological polar surface area (TPSA) is 101 Å². The minimum absolute atomic E-state index is 0.0524. The molecular formula is C25H31N3O6S. The van der Waals surface area contributed by atoms with Gasteiger partial charge in [-0.05, 0) is 32.4 Å². The van der Waals surface area contributed by atoms with E-state index < -0.39 is 23.5 Å². The lowest BCUT2D eigenvalue weighted by molar-refractivity contribution is -0.129. The van der Waals surface area contributed by atoms with Crippen molar-refractivity contribution in [2.75, 3.05) is 53.6 Å². The van der Waals surface area contributed by atoms with E-state index in [2.05, 4.69) is 9.88 Å². The summed E-state index contributed by atoms with van der Waals surface area (Å²) in [5.41, 5.74) is 1.24. The lowest BCUT2D eigenvalue weighted by Crippen LogP contribution is -2.39. The molecule has 2 aliphatic heterocycles. The summed E-state index contributed by atoms with van der Waals surface area (Å²) in [5, 5.41) is 11.7. The Labute approximate surface area is 208 Å². The van der Waals surface area contributed by atoms with Crippen molar-refractivity contribution in [3.05, 3.63) is 50.7 Å². The maximum absolute atomic E-state index is 13.7. The largest absolute Gasteiger partial charge is 0.503 e. The monoisotopic (exact) mass is 501 g/mol. The minimum atomic E-state index is -0.789. The third-order valence-corrected chi connectivity index (χ3v) is 7.44. The number of methoxy groups -OCH3 is 2. The van der Waals surface area contributed by atoms with Crippen LogP contribution in [0.2, 0.25) is 0 Å². The lowest BCUT2D eigenvalue weighted by Gasteiger charge is -2.30. The molecule has 188 valence electrons. The molecule has 1 aromatic carbocycles. The van der Waals surface area contributed by atoms with Crippen molar-refractivity contribution >= 4 is 23.0 Å². The Morgan fingerprint density at radius 1 is 1.20 bits per heavy atom. The summed E-state index contributed by atoms with van der Waals surface area (Å²) >= 11 is 1.26. The molecule has 0 saturated carbocycles. The number of aromatic nitrogens is 1. The molecule has 2 aromatic rings. The van der Waals surface area contributed by atoms with E-state index in [-0.39, 0.29) is 5.57 Å². The zero-order chi connectivity index (χ0) is 25.1. The van der Waals surface area contributed by atoms with Crippen LogP contribution in [0.15, 0.2) is 29.5 Å². The van der Waals surface area contributed by atoms with Gasteiger partial charge in [0.25, 0.3) is 5.91 Å². The van der Waals surface area contributed by atoms with Crippen LogP contribution < -0.4 is 9.47 Å². The summed E-state index contributed by atoms with van der Waals surface area (Å²) in [7, 11) is 3.08. The highest BCUT2D eigenvalue weighted by atomic mass is 32.1. The maximum atomic E-state index is 13.7. The first-order chi connectivity index (χ1) is 16.8. The van der Waals surface area contributed by atoms with Gasteiger partial charge in [0, 0.05) is 37.8 Å². The fourth-order valence-electron chi connectivity index (χ4n) is 4.64. The number of hydrogen-bond acceptors (Lipinski definition) is 9.